The van der Waals surface area contributed by atoms with Gasteiger partial charge in [0.2, 0.25) is 0 Å². The van der Waals surface area contributed by atoms with Crippen molar-refractivity contribution in [1.82, 2.24) is 0 Å². The van der Waals surface area contributed by atoms with Gasteiger partial charge in [-0.25, -0.2) is 4.79 Å². The van der Waals surface area contributed by atoms with E-state index in [2.05, 4.69) is 0 Å². The molecular weight excluding hydrogens is 410 g/mol. The van der Waals surface area contributed by atoms with Crippen molar-refractivity contribution in [3.05, 3.63) is 56.7 Å². The minimum atomic E-state index is -2.70. The Morgan fingerprint density at radius 2 is 1.77 bits per heavy atom. The number of esters is 1. The number of carboxylic acid groups (broad SMARTS) is 2. The van der Waals surface area contributed by atoms with E-state index < -0.39 is 56.8 Å². The summed E-state index contributed by atoms with van der Waals surface area (Å²) in [5.74, 6) is -6.85. The van der Waals surface area contributed by atoms with Crippen molar-refractivity contribution in [2.24, 2.45) is 11.3 Å². The zero-order valence-electron chi connectivity index (χ0n) is 17.3. The maximum absolute atomic E-state index is 13.1. The lowest BCUT2D eigenvalue weighted by Crippen LogP contribution is -2.51. The highest BCUT2D eigenvalue weighted by molar-refractivity contribution is 6.21. The van der Waals surface area contributed by atoms with Gasteiger partial charge in [-0.3, -0.25) is 24.5 Å². The average Bonchev–Trinajstić information content (AvgIpc) is 2.66. The molecule has 2 unspecified atom stereocenters. The first kappa shape index (κ1) is 23.5. The summed E-state index contributed by atoms with van der Waals surface area (Å²) in [6.45, 7) is 4.79. The van der Waals surface area contributed by atoms with E-state index in [4.69, 9.17) is 4.74 Å². The third-order valence-electron chi connectivity index (χ3n) is 5.39. The number of aliphatic carboxylic acids is 2. The minimum Gasteiger partial charge on any atom is -0.480 e. The number of carbonyl (C=O) groups excluding carboxylic acids is 2. The van der Waals surface area contributed by atoms with Gasteiger partial charge in [-0.1, -0.05) is 19.1 Å². The molecule has 0 heterocycles. The number of ether oxygens (including phenoxy) is 1. The summed E-state index contributed by atoms with van der Waals surface area (Å²) in [5, 5.41) is 31.7. The number of nitro benzene ring substituents is 1. The van der Waals surface area contributed by atoms with E-state index >= 15 is 0 Å². The summed E-state index contributed by atoms with van der Waals surface area (Å²) < 4.78 is 5.01. The molecule has 1 aromatic rings. The maximum Gasteiger partial charge on any atom is 0.332 e. The molecule has 0 bridgehead atoms. The Kier molecular flexibility index (Phi) is 6.44. The molecule has 2 atom stereocenters. The molecule has 1 aromatic carbocycles. The molecule has 0 aromatic heterocycles. The largest absolute Gasteiger partial charge is 0.480 e. The summed E-state index contributed by atoms with van der Waals surface area (Å²) in [4.78, 5) is 61.4. The molecule has 0 aliphatic heterocycles. The van der Waals surface area contributed by atoms with Gasteiger partial charge in [-0.15, -0.1) is 0 Å². The van der Waals surface area contributed by atoms with E-state index in [0.29, 0.717) is 0 Å². The van der Waals surface area contributed by atoms with Gasteiger partial charge in [-0.05, 0) is 32.4 Å². The highest BCUT2D eigenvalue weighted by Crippen LogP contribution is 2.54. The van der Waals surface area contributed by atoms with E-state index in [-0.39, 0.29) is 23.3 Å². The fourth-order valence-corrected chi connectivity index (χ4v) is 4.16. The molecule has 164 valence electrons. The van der Waals surface area contributed by atoms with Crippen LogP contribution >= 0.6 is 0 Å². The highest BCUT2D eigenvalue weighted by atomic mass is 16.6. The van der Waals surface area contributed by atoms with E-state index in [9.17, 15) is 39.5 Å². The van der Waals surface area contributed by atoms with E-state index in [1.54, 1.807) is 0 Å². The topological polar surface area (TPSA) is 161 Å². The van der Waals surface area contributed by atoms with Crippen molar-refractivity contribution in [1.29, 1.82) is 0 Å². The van der Waals surface area contributed by atoms with Gasteiger partial charge in [0.05, 0.1) is 17.1 Å². The summed E-state index contributed by atoms with van der Waals surface area (Å²) in [6.07, 6.45) is 0. The van der Waals surface area contributed by atoms with Gasteiger partial charge >= 0.3 is 17.9 Å². The molecule has 10 heteroatoms. The zero-order valence-corrected chi connectivity index (χ0v) is 17.3. The van der Waals surface area contributed by atoms with Crippen molar-refractivity contribution >= 4 is 35.0 Å². The van der Waals surface area contributed by atoms with E-state index in [1.807, 2.05) is 0 Å². The van der Waals surface area contributed by atoms with Gasteiger partial charge in [-0.2, -0.15) is 0 Å². The highest BCUT2D eigenvalue weighted by Gasteiger charge is 2.61. The minimum absolute atomic E-state index is 0.0678. The number of carboxylic acids is 2. The molecule has 2 rings (SSSR count). The van der Waals surface area contributed by atoms with Crippen molar-refractivity contribution in [3.63, 3.8) is 0 Å². The van der Waals surface area contributed by atoms with Crippen LogP contribution in [0.1, 0.15) is 33.3 Å². The third-order valence-corrected chi connectivity index (χ3v) is 5.39. The Balaban J connectivity index is 3.24. The van der Waals surface area contributed by atoms with Crippen LogP contribution in [-0.4, -0.2) is 45.4 Å². The van der Waals surface area contributed by atoms with Gasteiger partial charge in [0.15, 0.2) is 11.2 Å². The SMILES string of the molecule is CCOC(=O)C1(C(=O)O)C(c2ccccc2[N+](=O)[O-])=C(C(C)=O)C(C)=C(C(=O)O)C1C. The smallest absolute Gasteiger partial charge is 0.332 e. The molecule has 0 radical (unpaired) electrons. The number of rotatable bonds is 7. The Morgan fingerprint density at radius 1 is 1.19 bits per heavy atom. The molecule has 0 saturated carbocycles. The monoisotopic (exact) mass is 431 g/mol. The number of hydrogen-bond donors (Lipinski definition) is 2. The molecule has 31 heavy (non-hydrogen) atoms. The molecule has 2 N–H and O–H groups in total. The van der Waals surface area contributed by atoms with Crippen LogP contribution in [0, 0.1) is 21.4 Å². The second-order valence-corrected chi connectivity index (χ2v) is 6.98. The predicted molar refractivity (Wildman–Crippen MR) is 107 cm³/mol. The van der Waals surface area contributed by atoms with E-state index in [0.717, 1.165) is 13.0 Å². The normalized spacial score (nSPS) is 21.0. The first-order valence-electron chi connectivity index (χ1n) is 9.28. The fraction of sp³-hybridized carbons (Fsp3) is 0.333. The fourth-order valence-electron chi connectivity index (χ4n) is 4.16. The van der Waals surface area contributed by atoms with Crippen LogP contribution < -0.4 is 0 Å². The summed E-state index contributed by atoms with van der Waals surface area (Å²) in [6, 6.07) is 5.06. The summed E-state index contributed by atoms with van der Waals surface area (Å²) >= 11 is 0. The molecule has 0 fully saturated rings. The van der Waals surface area contributed by atoms with Crippen LogP contribution in [-0.2, 0) is 23.9 Å². The summed E-state index contributed by atoms with van der Waals surface area (Å²) in [7, 11) is 0. The van der Waals surface area contributed by atoms with Crippen LogP contribution in [0.2, 0.25) is 0 Å². The average molecular weight is 431 g/mol. The predicted octanol–water partition coefficient (Wildman–Crippen LogP) is 2.62. The van der Waals surface area contributed by atoms with Crippen molar-refractivity contribution in [2.75, 3.05) is 6.61 Å². The third kappa shape index (κ3) is 3.49. The van der Waals surface area contributed by atoms with Crippen LogP contribution in [0.15, 0.2) is 41.0 Å². The lowest BCUT2D eigenvalue weighted by molar-refractivity contribution is -0.385. The Morgan fingerprint density at radius 3 is 2.23 bits per heavy atom. The molecule has 0 amide bonds. The molecule has 0 spiro atoms. The number of para-hydroxylation sites is 1. The Hall–Kier alpha value is -3.82. The lowest BCUT2D eigenvalue weighted by atomic mass is 9.59. The number of nitro groups is 1. The van der Waals surface area contributed by atoms with E-state index in [1.165, 1.54) is 39.0 Å². The van der Waals surface area contributed by atoms with Gasteiger partial charge in [0, 0.05) is 28.7 Å². The number of hydrogen-bond acceptors (Lipinski definition) is 7. The second-order valence-electron chi connectivity index (χ2n) is 6.98. The standard InChI is InChI=1S/C21H21NO9/c1-5-31-20(28)21(19(26)27)11(3)15(18(24)25)10(2)16(12(4)23)17(21)13-8-6-7-9-14(13)22(29)30/h6-9,11H,5H2,1-4H3,(H,24,25)(H,26,27). The number of ketones is 1. The van der Waals surface area contributed by atoms with Crippen LogP contribution in [0.5, 0.6) is 0 Å². The quantitative estimate of drug-likeness (QED) is 0.286. The first-order valence-corrected chi connectivity index (χ1v) is 9.28. The van der Waals surface area contributed by atoms with Gasteiger partial charge in [0.25, 0.3) is 5.69 Å². The van der Waals surface area contributed by atoms with Crippen LogP contribution in [0.25, 0.3) is 5.57 Å². The lowest BCUT2D eigenvalue weighted by Gasteiger charge is -2.40. The molecular formula is C21H21NO9. The van der Waals surface area contributed by atoms with Crippen LogP contribution in [0.4, 0.5) is 5.69 Å². The molecule has 10 nitrogen and oxygen atoms in total. The summed E-state index contributed by atoms with van der Waals surface area (Å²) in [5.41, 5.74) is -4.86. The maximum atomic E-state index is 13.1. The van der Waals surface area contributed by atoms with Gasteiger partial charge in [0.1, 0.15) is 0 Å². The second kappa shape index (κ2) is 8.50. The molecule has 1 aliphatic rings. The number of allylic oxidation sites excluding steroid dienone is 2. The van der Waals surface area contributed by atoms with Crippen LogP contribution in [0.3, 0.4) is 0 Å². The Labute approximate surface area is 177 Å². The van der Waals surface area contributed by atoms with Crippen molar-refractivity contribution < 1.29 is 39.1 Å². The molecule has 1 aliphatic carbocycles. The first-order chi connectivity index (χ1) is 14.4. The molecule has 0 saturated heterocycles. The zero-order chi connectivity index (χ0) is 23.7. The number of carbonyl (C=O) groups is 4. The van der Waals surface area contributed by atoms with Crippen molar-refractivity contribution in [2.45, 2.75) is 27.7 Å². The number of benzene rings is 1. The van der Waals surface area contributed by atoms with Gasteiger partial charge < -0.3 is 14.9 Å². The Bertz CT molecular complexity index is 1070. The number of nitrogens with zero attached hydrogens (tertiary/aromatic N) is 1. The number of Topliss-reactive ketones (excluding diaryl/α,β-unsaturated/α-hetero) is 1. The van der Waals surface area contributed by atoms with Crippen molar-refractivity contribution in [3.8, 4) is 0 Å².